The lowest BCUT2D eigenvalue weighted by Gasteiger charge is -2.33. The van der Waals surface area contributed by atoms with Crippen LogP contribution in [0, 0.1) is 11.8 Å². The average molecular weight is 288 g/mol. The third-order valence-corrected chi connectivity index (χ3v) is 5.79. The van der Waals surface area contributed by atoms with Crippen molar-refractivity contribution in [3.05, 3.63) is 29.3 Å². The van der Waals surface area contributed by atoms with Gasteiger partial charge in [-0.25, -0.2) is 0 Å². The van der Waals surface area contributed by atoms with Gasteiger partial charge in [0.15, 0.2) is 0 Å². The summed E-state index contributed by atoms with van der Waals surface area (Å²) in [5.74, 6) is 1.73. The van der Waals surface area contributed by atoms with Gasteiger partial charge < -0.3 is 5.32 Å². The molecule has 2 aromatic heterocycles. The fraction of sp³-hybridized carbons (Fsp3) is 0.588. The van der Waals surface area contributed by atoms with E-state index in [-0.39, 0.29) is 0 Å². The van der Waals surface area contributed by atoms with Crippen LogP contribution in [0.5, 0.6) is 0 Å². The van der Waals surface area contributed by atoms with Gasteiger partial charge in [-0.2, -0.15) is 0 Å². The molecule has 1 aliphatic rings. The summed E-state index contributed by atoms with van der Waals surface area (Å²) in [6.07, 6.45) is 8.92. The Morgan fingerprint density at radius 3 is 2.85 bits per heavy atom. The summed E-state index contributed by atoms with van der Waals surface area (Å²) in [6.45, 7) is 2.33. The highest BCUT2D eigenvalue weighted by Crippen LogP contribution is 2.38. The van der Waals surface area contributed by atoms with Crippen molar-refractivity contribution in [2.75, 3.05) is 7.05 Å². The van der Waals surface area contributed by atoms with Crippen LogP contribution in [0.3, 0.4) is 0 Å². The zero-order valence-electron chi connectivity index (χ0n) is 12.4. The zero-order valence-corrected chi connectivity index (χ0v) is 13.2. The van der Waals surface area contributed by atoms with Crippen molar-refractivity contribution in [3.63, 3.8) is 0 Å². The van der Waals surface area contributed by atoms with Gasteiger partial charge in [0.25, 0.3) is 0 Å². The number of rotatable bonds is 4. The lowest BCUT2D eigenvalue weighted by atomic mass is 9.76. The van der Waals surface area contributed by atoms with E-state index in [0.717, 1.165) is 17.4 Å². The third kappa shape index (κ3) is 2.75. The van der Waals surface area contributed by atoms with Crippen molar-refractivity contribution in [1.29, 1.82) is 0 Å². The minimum Gasteiger partial charge on any atom is -0.313 e. The van der Waals surface area contributed by atoms with Gasteiger partial charge in [0, 0.05) is 12.2 Å². The summed E-state index contributed by atoms with van der Waals surface area (Å²) >= 11 is 1.79. The lowest BCUT2D eigenvalue weighted by molar-refractivity contribution is 0.224. The fourth-order valence-corrected chi connectivity index (χ4v) is 4.43. The van der Waals surface area contributed by atoms with E-state index in [1.54, 1.807) is 11.3 Å². The highest BCUT2D eigenvalue weighted by atomic mass is 32.1. The number of nitrogens with zero attached hydrogens (tertiary/aromatic N) is 1. The van der Waals surface area contributed by atoms with Crippen LogP contribution in [0.4, 0.5) is 0 Å². The molecule has 3 heteroatoms. The second-order valence-corrected chi connectivity index (χ2v) is 6.98. The Morgan fingerprint density at radius 1 is 1.35 bits per heavy atom. The Hall–Kier alpha value is -0.930. The molecule has 1 atom stereocenters. The van der Waals surface area contributed by atoms with E-state index >= 15 is 0 Å². The molecule has 0 saturated heterocycles. The topological polar surface area (TPSA) is 24.9 Å². The quantitative estimate of drug-likeness (QED) is 0.876. The van der Waals surface area contributed by atoms with E-state index < -0.39 is 0 Å². The molecule has 1 N–H and O–H groups in total. The molecule has 0 amide bonds. The zero-order chi connectivity index (χ0) is 13.9. The number of hydrogen-bond donors (Lipinski definition) is 1. The number of pyridine rings is 1. The van der Waals surface area contributed by atoms with Crippen LogP contribution in [0.1, 0.15) is 50.6 Å². The van der Waals surface area contributed by atoms with E-state index in [1.807, 2.05) is 0 Å². The van der Waals surface area contributed by atoms with E-state index in [9.17, 15) is 0 Å². The summed E-state index contributed by atoms with van der Waals surface area (Å²) < 4.78 is 1.31. The van der Waals surface area contributed by atoms with Crippen LogP contribution in [0.2, 0.25) is 0 Å². The van der Waals surface area contributed by atoms with Gasteiger partial charge in [-0.05, 0) is 54.8 Å². The first-order chi connectivity index (χ1) is 9.81. The molecule has 0 aliphatic heterocycles. The predicted octanol–water partition coefficient (Wildman–Crippen LogP) is 4.77. The normalized spacial score (nSPS) is 24.9. The van der Waals surface area contributed by atoms with Crippen molar-refractivity contribution < 1.29 is 0 Å². The smallest absolute Gasteiger partial charge is 0.0809 e. The van der Waals surface area contributed by atoms with Crippen LogP contribution in [-0.4, -0.2) is 12.0 Å². The molecular weight excluding hydrogens is 264 g/mol. The third-order valence-electron chi connectivity index (χ3n) is 4.93. The molecule has 108 valence electrons. The summed E-state index contributed by atoms with van der Waals surface area (Å²) in [5.41, 5.74) is 2.49. The first-order valence-electron chi connectivity index (χ1n) is 7.82. The van der Waals surface area contributed by atoms with E-state index in [4.69, 9.17) is 0 Å². The predicted molar refractivity (Wildman–Crippen MR) is 87.2 cm³/mol. The summed E-state index contributed by atoms with van der Waals surface area (Å²) in [6, 6.07) is 4.90. The minimum atomic E-state index is 0.465. The minimum absolute atomic E-state index is 0.465. The number of aromatic nitrogens is 1. The van der Waals surface area contributed by atoms with Crippen LogP contribution in [0.15, 0.2) is 23.7 Å². The standard InChI is InChI=1S/C17H24N2S/c1-3-12-4-6-13(7-5-12)17(18-2)14-10-16-15(19-11-14)8-9-20-16/h8-13,17-18H,3-7H2,1-2H3. The van der Waals surface area contributed by atoms with Crippen LogP contribution in [0.25, 0.3) is 10.2 Å². The highest BCUT2D eigenvalue weighted by Gasteiger charge is 2.27. The monoisotopic (exact) mass is 288 g/mol. The fourth-order valence-electron chi connectivity index (χ4n) is 3.64. The Balaban J connectivity index is 1.78. The Morgan fingerprint density at radius 2 is 2.15 bits per heavy atom. The Kier molecular flexibility index (Phi) is 4.37. The molecule has 2 heterocycles. The molecule has 0 radical (unpaired) electrons. The van der Waals surface area contributed by atoms with Crippen molar-refractivity contribution in [2.24, 2.45) is 11.8 Å². The van der Waals surface area contributed by atoms with Gasteiger partial charge in [0.1, 0.15) is 0 Å². The van der Waals surface area contributed by atoms with Gasteiger partial charge in [0.2, 0.25) is 0 Å². The second kappa shape index (κ2) is 6.23. The van der Waals surface area contributed by atoms with Crippen molar-refractivity contribution >= 4 is 21.6 Å². The Labute approximate surface area is 125 Å². The van der Waals surface area contributed by atoms with Gasteiger partial charge in [-0.15, -0.1) is 11.3 Å². The molecule has 3 rings (SSSR count). The maximum absolute atomic E-state index is 4.61. The molecule has 1 saturated carbocycles. The van der Waals surface area contributed by atoms with E-state index in [2.05, 4.69) is 48.0 Å². The number of nitrogens with one attached hydrogen (secondary N) is 1. The number of hydrogen-bond acceptors (Lipinski definition) is 3. The van der Waals surface area contributed by atoms with E-state index in [1.165, 1.54) is 42.4 Å². The van der Waals surface area contributed by atoms with Gasteiger partial charge in [-0.1, -0.05) is 26.2 Å². The van der Waals surface area contributed by atoms with Gasteiger partial charge in [0.05, 0.1) is 10.2 Å². The average Bonchev–Trinajstić information content (AvgIpc) is 2.96. The lowest BCUT2D eigenvalue weighted by Crippen LogP contribution is -2.28. The molecule has 0 bridgehead atoms. The molecule has 1 unspecified atom stereocenters. The van der Waals surface area contributed by atoms with Gasteiger partial charge >= 0.3 is 0 Å². The van der Waals surface area contributed by atoms with Gasteiger partial charge in [-0.3, -0.25) is 4.98 Å². The maximum Gasteiger partial charge on any atom is 0.0809 e. The number of thiophene rings is 1. The summed E-state index contributed by atoms with van der Waals surface area (Å²) in [7, 11) is 2.09. The number of fused-ring (bicyclic) bond motifs is 1. The maximum atomic E-state index is 4.61. The molecule has 2 nitrogen and oxygen atoms in total. The molecule has 0 spiro atoms. The highest BCUT2D eigenvalue weighted by molar-refractivity contribution is 7.17. The van der Waals surface area contributed by atoms with Crippen LogP contribution >= 0.6 is 11.3 Å². The van der Waals surface area contributed by atoms with Crippen molar-refractivity contribution in [3.8, 4) is 0 Å². The first-order valence-corrected chi connectivity index (χ1v) is 8.70. The van der Waals surface area contributed by atoms with Crippen molar-refractivity contribution in [1.82, 2.24) is 10.3 Å². The molecule has 20 heavy (non-hydrogen) atoms. The molecule has 0 aromatic carbocycles. The first kappa shape index (κ1) is 14.0. The SMILES string of the molecule is CCC1CCC(C(NC)c2cnc3ccsc3c2)CC1. The van der Waals surface area contributed by atoms with Crippen LogP contribution < -0.4 is 5.32 Å². The molecule has 1 fully saturated rings. The molecule has 2 aromatic rings. The van der Waals surface area contributed by atoms with E-state index in [0.29, 0.717) is 6.04 Å². The summed E-state index contributed by atoms with van der Waals surface area (Å²) in [5, 5.41) is 5.67. The molecular formula is C17H24N2S. The van der Waals surface area contributed by atoms with Crippen LogP contribution in [-0.2, 0) is 0 Å². The summed E-state index contributed by atoms with van der Waals surface area (Å²) in [4.78, 5) is 4.61. The van der Waals surface area contributed by atoms with Crippen molar-refractivity contribution in [2.45, 2.75) is 45.1 Å². The second-order valence-electron chi connectivity index (χ2n) is 6.03. The Bertz CT molecular complexity index is 555. The molecule has 1 aliphatic carbocycles. The largest absolute Gasteiger partial charge is 0.313 e.